The molecule has 3 unspecified atom stereocenters. The third-order valence-electron chi connectivity index (χ3n) is 10.4. The minimum absolute atomic E-state index is 0.0385. The zero-order chi connectivity index (χ0) is 36.9. The number of hydrogen-bond acceptors (Lipinski definition) is 6. The first-order valence-electron chi connectivity index (χ1n) is 18.1. The Hall–Kier alpha value is -3.63. The van der Waals surface area contributed by atoms with Gasteiger partial charge < -0.3 is 26.0 Å². The summed E-state index contributed by atoms with van der Waals surface area (Å²) in [5, 5.41) is 12.2. The first kappa shape index (κ1) is 38.6. The second-order valence-corrected chi connectivity index (χ2v) is 16.6. The molecule has 3 fully saturated rings. The van der Waals surface area contributed by atoms with Gasteiger partial charge in [-0.15, -0.1) is 0 Å². The van der Waals surface area contributed by atoms with Gasteiger partial charge in [0.1, 0.15) is 12.1 Å². The van der Waals surface area contributed by atoms with Gasteiger partial charge in [0.25, 0.3) is 5.91 Å². The predicted molar refractivity (Wildman–Crippen MR) is 196 cm³/mol. The summed E-state index contributed by atoms with van der Waals surface area (Å²) in [5.74, 6) is -2.86. The van der Waals surface area contributed by atoms with E-state index >= 15 is 0 Å². The highest BCUT2D eigenvalue weighted by Gasteiger charge is 2.43. The summed E-state index contributed by atoms with van der Waals surface area (Å²) in [5.41, 5.74) is 0.217. The van der Waals surface area contributed by atoms with E-state index in [0.717, 1.165) is 50.5 Å². The van der Waals surface area contributed by atoms with Crippen LogP contribution < -0.4 is 21.3 Å². The fourth-order valence-corrected chi connectivity index (χ4v) is 7.82. The van der Waals surface area contributed by atoms with Crippen molar-refractivity contribution in [1.29, 1.82) is 0 Å². The molecule has 0 radical (unpaired) electrons. The van der Waals surface area contributed by atoms with E-state index in [1.807, 2.05) is 52.0 Å². The summed E-state index contributed by atoms with van der Waals surface area (Å²) >= 11 is 12.7. The Balaban J connectivity index is 1.39. The Morgan fingerprint density at radius 2 is 1.57 bits per heavy atom. The maximum atomic E-state index is 14.2. The molecular formula is C39H50Cl2N4O6. The molecule has 12 heteroatoms. The van der Waals surface area contributed by atoms with Crippen LogP contribution in [0.4, 0.5) is 4.79 Å². The van der Waals surface area contributed by atoms with Crippen LogP contribution in [0.25, 0.3) is 0 Å². The molecule has 3 aliphatic rings. The van der Waals surface area contributed by atoms with Gasteiger partial charge in [0.2, 0.25) is 17.6 Å². The molecule has 276 valence electrons. The molecule has 4 N–H and O–H groups in total. The van der Waals surface area contributed by atoms with Crippen LogP contribution in [0.3, 0.4) is 0 Å². The molecule has 51 heavy (non-hydrogen) atoms. The van der Waals surface area contributed by atoms with E-state index in [-0.39, 0.29) is 24.3 Å². The quantitative estimate of drug-likeness (QED) is 0.159. The van der Waals surface area contributed by atoms with Gasteiger partial charge in [0.15, 0.2) is 0 Å². The lowest BCUT2D eigenvalue weighted by atomic mass is 9.76. The zero-order valence-electron chi connectivity index (χ0n) is 29.9. The van der Waals surface area contributed by atoms with Gasteiger partial charge in [-0.3, -0.25) is 19.2 Å². The highest BCUT2D eigenvalue weighted by molar-refractivity contribution is 6.38. The lowest BCUT2D eigenvalue weighted by Crippen LogP contribution is -2.55. The van der Waals surface area contributed by atoms with Crippen LogP contribution in [0.15, 0.2) is 48.5 Å². The number of ether oxygens (including phenoxy) is 1. The third-order valence-corrected chi connectivity index (χ3v) is 10.9. The topological polar surface area (TPSA) is 143 Å². The number of amides is 4. The standard InChI is InChI=1S/C39H50Cl2N4O6/c1-38(2)22-25(34(47)45-38)20-30(32(46)36(49)42-29-16-17-29)43-35(48)31(18-23-10-6-5-7-11-23)44-37(50)51-33(24-12-8-14-27(40)19-24)39(3,4)26-13-9-15-28(41)21-26/h8-9,12-15,19,21,23,25,29-31,33H,5-7,10-11,16-18,20,22H2,1-4H3,(H,42,49)(H,43,48)(H,44,50)(H,45,47)/t25?,30?,31-,33?/m0/s1. The molecule has 0 bridgehead atoms. The van der Waals surface area contributed by atoms with E-state index in [1.54, 1.807) is 24.3 Å². The van der Waals surface area contributed by atoms with Crippen LogP contribution in [-0.4, -0.2) is 53.3 Å². The van der Waals surface area contributed by atoms with Crippen LogP contribution in [0.1, 0.15) is 109 Å². The number of halogens is 2. The number of rotatable bonds is 14. The highest BCUT2D eigenvalue weighted by Crippen LogP contribution is 2.41. The minimum atomic E-state index is -1.26. The molecule has 0 spiro atoms. The zero-order valence-corrected chi connectivity index (χ0v) is 31.4. The van der Waals surface area contributed by atoms with Crippen molar-refractivity contribution < 1.29 is 28.7 Å². The fraction of sp³-hybridized carbons (Fsp3) is 0.564. The van der Waals surface area contributed by atoms with E-state index < -0.39 is 58.8 Å². The summed E-state index contributed by atoms with van der Waals surface area (Å²) in [6, 6.07) is 12.0. The van der Waals surface area contributed by atoms with Gasteiger partial charge in [-0.25, -0.2) is 4.79 Å². The number of alkyl carbamates (subject to hydrolysis) is 1. The molecule has 2 aromatic rings. The SMILES string of the molecule is CC1(C)CC(CC(NC(=O)[C@H](CC2CCCCC2)NC(=O)OC(c2cccc(Cl)c2)C(C)(C)c2cccc(Cl)c2)C(=O)C(=O)NC2CC2)C(=O)N1. The van der Waals surface area contributed by atoms with E-state index in [9.17, 15) is 24.0 Å². The smallest absolute Gasteiger partial charge is 0.408 e. The number of benzene rings is 2. The summed E-state index contributed by atoms with van der Waals surface area (Å²) in [4.78, 5) is 67.4. The number of carbonyl (C=O) groups is 5. The molecule has 2 aromatic carbocycles. The maximum Gasteiger partial charge on any atom is 0.408 e. The van der Waals surface area contributed by atoms with Crippen molar-refractivity contribution in [2.24, 2.45) is 11.8 Å². The number of carbonyl (C=O) groups excluding carboxylic acids is 5. The number of ketones is 1. The second-order valence-electron chi connectivity index (χ2n) is 15.7. The fourth-order valence-electron chi connectivity index (χ4n) is 7.43. The summed E-state index contributed by atoms with van der Waals surface area (Å²) in [6.07, 6.45) is 5.59. The van der Waals surface area contributed by atoms with Crippen LogP contribution >= 0.6 is 23.2 Å². The largest absolute Gasteiger partial charge is 0.440 e. The Morgan fingerprint density at radius 1 is 0.902 bits per heavy atom. The highest BCUT2D eigenvalue weighted by atomic mass is 35.5. The monoisotopic (exact) mass is 740 g/mol. The second kappa shape index (κ2) is 16.4. The molecule has 4 amide bonds. The lowest BCUT2D eigenvalue weighted by molar-refractivity contribution is -0.141. The summed E-state index contributed by atoms with van der Waals surface area (Å²) in [6.45, 7) is 7.65. The lowest BCUT2D eigenvalue weighted by Gasteiger charge is -2.35. The summed E-state index contributed by atoms with van der Waals surface area (Å²) < 4.78 is 6.19. The molecule has 2 aliphatic carbocycles. The van der Waals surface area contributed by atoms with Crippen molar-refractivity contribution >= 4 is 52.8 Å². The number of Topliss-reactive ketones (excluding diaryl/α,β-unsaturated/α-hetero) is 1. The van der Waals surface area contributed by atoms with Crippen molar-refractivity contribution in [2.45, 2.75) is 127 Å². The molecule has 4 atom stereocenters. The van der Waals surface area contributed by atoms with Crippen LogP contribution in [0.5, 0.6) is 0 Å². The molecular weight excluding hydrogens is 691 g/mol. The molecule has 2 saturated carbocycles. The van der Waals surface area contributed by atoms with Crippen molar-refractivity contribution in [2.75, 3.05) is 0 Å². The number of hydrogen-bond donors (Lipinski definition) is 4. The average molecular weight is 742 g/mol. The first-order chi connectivity index (χ1) is 24.1. The van der Waals surface area contributed by atoms with Crippen molar-refractivity contribution in [3.8, 4) is 0 Å². The van der Waals surface area contributed by atoms with Crippen LogP contribution in [0, 0.1) is 11.8 Å². The van der Waals surface area contributed by atoms with E-state index in [0.29, 0.717) is 28.5 Å². The van der Waals surface area contributed by atoms with E-state index in [4.69, 9.17) is 27.9 Å². The van der Waals surface area contributed by atoms with Gasteiger partial charge in [-0.05, 0) is 87.3 Å². The molecule has 0 aromatic heterocycles. The normalized spacial score (nSPS) is 20.7. The molecule has 1 aliphatic heterocycles. The maximum absolute atomic E-state index is 14.2. The van der Waals surface area contributed by atoms with Crippen LogP contribution in [0.2, 0.25) is 10.0 Å². The minimum Gasteiger partial charge on any atom is -0.440 e. The van der Waals surface area contributed by atoms with Crippen LogP contribution in [-0.2, 0) is 29.3 Å². The summed E-state index contributed by atoms with van der Waals surface area (Å²) in [7, 11) is 0. The van der Waals surface area contributed by atoms with E-state index in [2.05, 4.69) is 21.3 Å². The predicted octanol–water partition coefficient (Wildman–Crippen LogP) is 6.71. The molecule has 1 saturated heterocycles. The van der Waals surface area contributed by atoms with Gasteiger partial charge in [0, 0.05) is 33.0 Å². The van der Waals surface area contributed by atoms with Crippen molar-refractivity contribution in [3.63, 3.8) is 0 Å². The average Bonchev–Trinajstić information content (AvgIpc) is 3.85. The van der Waals surface area contributed by atoms with Gasteiger partial charge in [-0.1, -0.05) is 93.4 Å². The Bertz CT molecular complexity index is 1620. The Morgan fingerprint density at radius 3 is 2.18 bits per heavy atom. The van der Waals surface area contributed by atoms with Gasteiger partial charge in [-0.2, -0.15) is 0 Å². The van der Waals surface area contributed by atoms with Gasteiger partial charge >= 0.3 is 6.09 Å². The first-order valence-corrected chi connectivity index (χ1v) is 18.8. The molecule has 5 rings (SSSR count). The van der Waals surface area contributed by atoms with Gasteiger partial charge in [0.05, 0.1) is 6.04 Å². The molecule has 10 nitrogen and oxygen atoms in total. The van der Waals surface area contributed by atoms with E-state index in [1.165, 1.54) is 0 Å². The molecule has 1 heterocycles. The van der Waals surface area contributed by atoms with Crippen molar-refractivity contribution in [1.82, 2.24) is 21.3 Å². The Labute approximate surface area is 310 Å². The Kier molecular flexibility index (Phi) is 12.4. The number of nitrogens with one attached hydrogen (secondary N) is 4. The van der Waals surface area contributed by atoms with Crippen molar-refractivity contribution in [3.05, 3.63) is 69.7 Å². The third kappa shape index (κ3) is 10.5.